The van der Waals surface area contributed by atoms with Crippen molar-refractivity contribution in [2.45, 2.75) is 13.8 Å². The summed E-state index contributed by atoms with van der Waals surface area (Å²) in [7, 11) is 0. The monoisotopic (exact) mass is 389 g/mol. The molecule has 1 amide bonds. The van der Waals surface area contributed by atoms with Gasteiger partial charge >= 0.3 is 11.9 Å². The Morgan fingerprint density at radius 2 is 1.79 bits per heavy atom. The molecule has 0 unspecified atom stereocenters. The van der Waals surface area contributed by atoms with Crippen LogP contribution in [0.15, 0.2) is 60.0 Å². The topological polar surface area (TPSA) is 55.4 Å². The van der Waals surface area contributed by atoms with E-state index in [9.17, 15) is 9.59 Å². The summed E-state index contributed by atoms with van der Waals surface area (Å²) in [5, 5.41) is 5.00. The third-order valence-corrected chi connectivity index (χ3v) is 4.85. The van der Waals surface area contributed by atoms with Crippen LogP contribution >= 0.6 is 11.3 Å². The zero-order chi connectivity index (χ0) is 19.9. The Hall–Kier alpha value is -3.36. The van der Waals surface area contributed by atoms with Crippen LogP contribution in [0.4, 0.5) is 5.00 Å². The minimum atomic E-state index is -0.480. The lowest BCUT2D eigenvalue weighted by Crippen LogP contribution is -2.13. The first-order chi connectivity index (χ1) is 13.6. The number of hydrogen-bond acceptors (Lipinski definition) is 4. The highest BCUT2D eigenvalue weighted by Crippen LogP contribution is 2.36. The minimum Gasteiger partial charge on any atom is -0.462 e. The van der Waals surface area contributed by atoms with Crippen LogP contribution in [0.1, 0.15) is 28.4 Å². The van der Waals surface area contributed by atoms with Crippen molar-refractivity contribution in [1.82, 2.24) is 0 Å². The zero-order valence-electron chi connectivity index (χ0n) is 15.6. The molecule has 1 aromatic heterocycles. The van der Waals surface area contributed by atoms with Gasteiger partial charge in [-0.05, 0) is 31.5 Å². The van der Waals surface area contributed by atoms with E-state index in [1.54, 1.807) is 6.92 Å². The van der Waals surface area contributed by atoms with Crippen LogP contribution in [0.2, 0.25) is 0 Å². The van der Waals surface area contributed by atoms with E-state index in [2.05, 4.69) is 17.2 Å². The number of anilines is 1. The molecule has 0 saturated carbocycles. The lowest BCUT2D eigenvalue weighted by atomic mass is 10.0. The van der Waals surface area contributed by atoms with Crippen molar-refractivity contribution in [3.63, 3.8) is 0 Å². The molecule has 0 spiro atoms. The highest BCUT2D eigenvalue weighted by atomic mass is 32.1. The van der Waals surface area contributed by atoms with Gasteiger partial charge in [0.2, 0.25) is 0 Å². The van der Waals surface area contributed by atoms with Gasteiger partial charge in [0, 0.05) is 22.4 Å². The Morgan fingerprint density at radius 1 is 1.07 bits per heavy atom. The van der Waals surface area contributed by atoms with Gasteiger partial charge in [-0.15, -0.1) is 11.3 Å². The van der Waals surface area contributed by atoms with E-state index in [1.807, 2.05) is 66.9 Å². The maximum Gasteiger partial charge on any atom is 0.341 e. The lowest BCUT2D eigenvalue weighted by Gasteiger charge is -2.07. The van der Waals surface area contributed by atoms with Gasteiger partial charge in [0.15, 0.2) is 0 Å². The number of benzene rings is 2. The second-order valence-corrected chi connectivity index (χ2v) is 6.89. The van der Waals surface area contributed by atoms with Crippen molar-refractivity contribution in [2.24, 2.45) is 0 Å². The molecule has 3 rings (SSSR count). The summed E-state index contributed by atoms with van der Waals surface area (Å²) >= 11 is 1.28. The molecule has 2 aromatic carbocycles. The van der Waals surface area contributed by atoms with Crippen molar-refractivity contribution in [2.75, 3.05) is 11.9 Å². The molecule has 0 aliphatic heterocycles. The van der Waals surface area contributed by atoms with Crippen molar-refractivity contribution in [3.8, 4) is 23.0 Å². The van der Waals surface area contributed by atoms with E-state index in [4.69, 9.17) is 4.74 Å². The fraction of sp³-hybridized carbons (Fsp3) is 0.130. The number of carbonyl (C=O) groups excluding carboxylic acids is 2. The predicted molar refractivity (Wildman–Crippen MR) is 112 cm³/mol. The molecule has 0 aliphatic rings. The Labute approximate surface area is 168 Å². The van der Waals surface area contributed by atoms with Gasteiger partial charge in [-0.3, -0.25) is 4.79 Å². The lowest BCUT2D eigenvalue weighted by molar-refractivity contribution is -0.111. The highest BCUT2D eigenvalue weighted by Gasteiger charge is 2.22. The average Bonchev–Trinajstić information content (AvgIpc) is 3.11. The molecule has 28 heavy (non-hydrogen) atoms. The molecule has 0 radical (unpaired) electrons. The van der Waals surface area contributed by atoms with E-state index in [1.165, 1.54) is 11.3 Å². The van der Waals surface area contributed by atoms with Crippen LogP contribution in [0.3, 0.4) is 0 Å². The van der Waals surface area contributed by atoms with Crippen molar-refractivity contribution >= 4 is 28.2 Å². The van der Waals surface area contributed by atoms with Crippen LogP contribution < -0.4 is 5.32 Å². The number of rotatable bonds is 4. The first-order valence-corrected chi connectivity index (χ1v) is 9.70. The second-order valence-electron chi connectivity index (χ2n) is 6.01. The number of esters is 1. The Bertz CT molecular complexity index is 1040. The fourth-order valence-corrected chi connectivity index (χ4v) is 3.54. The average molecular weight is 389 g/mol. The number of nitrogens with one attached hydrogen (secondary N) is 1. The van der Waals surface area contributed by atoms with Gasteiger partial charge in [-0.25, -0.2) is 4.79 Å². The molecule has 4 nitrogen and oxygen atoms in total. The molecular weight excluding hydrogens is 370 g/mol. The van der Waals surface area contributed by atoms with Gasteiger partial charge in [0.1, 0.15) is 10.6 Å². The summed E-state index contributed by atoms with van der Waals surface area (Å²) in [5.74, 6) is 4.42. The highest BCUT2D eigenvalue weighted by molar-refractivity contribution is 7.15. The molecule has 0 fully saturated rings. The molecule has 5 heteroatoms. The molecule has 0 bridgehead atoms. The maximum atomic E-state index is 12.5. The van der Waals surface area contributed by atoms with Gasteiger partial charge < -0.3 is 10.1 Å². The van der Waals surface area contributed by atoms with E-state index < -0.39 is 11.9 Å². The quantitative estimate of drug-likeness (QED) is 0.511. The predicted octanol–water partition coefficient (Wildman–Crippen LogP) is 4.89. The Kier molecular flexibility index (Phi) is 6.25. The Morgan fingerprint density at radius 3 is 2.46 bits per heavy atom. The largest absolute Gasteiger partial charge is 0.462 e. The molecule has 0 aliphatic carbocycles. The summed E-state index contributed by atoms with van der Waals surface area (Å²) in [5.41, 5.74) is 3.84. The molecule has 0 atom stereocenters. The van der Waals surface area contributed by atoms with Crippen molar-refractivity contribution in [1.29, 1.82) is 0 Å². The first kappa shape index (κ1) is 19.4. The van der Waals surface area contributed by atoms with Crippen LogP contribution in [0, 0.1) is 18.8 Å². The SMILES string of the molecule is CCOC(=O)c1c(-c2ccc(C)cc2)csc1NC(=O)C#Cc1ccccc1. The zero-order valence-corrected chi connectivity index (χ0v) is 16.4. The second kappa shape index (κ2) is 9.03. The third kappa shape index (κ3) is 4.67. The maximum absolute atomic E-state index is 12.5. The summed E-state index contributed by atoms with van der Waals surface area (Å²) in [6, 6.07) is 17.1. The molecule has 3 aromatic rings. The standard InChI is InChI=1S/C23H19NO3S/c1-3-27-23(26)21-19(18-12-9-16(2)10-13-18)15-28-22(21)24-20(25)14-11-17-7-5-4-6-8-17/h4-10,12-13,15H,3H2,1-2H3,(H,24,25). The van der Waals surface area contributed by atoms with Crippen LogP contribution in [-0.4, -0.2) is 18.5 Å². The van der Waals surface area contributed by atoms with Crippen molar-refractivity contribution < 1.29 is 14.3 Å². The summed E-state index contributed by atoms with van der Waals surface area (Å²) in [6.45, 7) is 4.00. The van der Waals surface area contributed by atoms with Crippen LogP contribution in [-0.2, 0) is 9.53 Å². The van der Waals surface area contributed by atoms with E-state index in [-0.39, 0.29) is 6.61 Å². The van der Waals surface area contributed by atoms with Crippen LogP contribution in [0.25, 0.3) is 11.1 Å². The number of thiophene rings is 1. The smallest absolute Gasteiger partial charge is 0.341 e. The summed E-state index contributed by atoms with van der Waals surface area (Å²) in [4.78, 5) is 24.8. The van der Waals surface area contributed by atoms with E-state index >= 15 is 0 Å². The van der Waals surface area contributed by atoms with Gasteiger partial charge in [-0.2, -0.15) is 0 Å². The first-order valence-electron chi connectivity index (χ1n) is 8.82. The minimum absolute atomic E-state index is 0.253. The number of carbonyl (C=O) groups is 2. The fourth-order valence-electron chi connectivity index (χ4n) is 2.59. The van der Waals surface area contributed by atoms with E-state index in [0.29, 0.717) is 10.6 Å². The summed E-state index contributed by atoms with van der Waals surface area (Å²) in [6.07, 6.45) is 0. The molecule has 0 saturated heterocycles. The van der Waals surface area contributed by atoms with Gasteiger partial charge in [-0.1, -0.05) is 53.9 Å². The Balaban J connectivity index is 1.90. The van der Waals surface area contributed by atoms with Crippen molar-refractivity contribution in [3.05, 3.63) is 76.7 Å². The van der Waals surface area contributed by atoms with Gasteiger partial charge in [0.25, 0.3) is 0 Å². The van der Waals surface area contributed by atoms with E-state index in [0.717, 1.165) is 22.3 Å². The number of hydrogen-bond donors (Lipinski definition) is 1. The van der Waals surface area contributed by atoms with Crippen LogP contribution in [0.5, 0.6) is 0 Å². The molecular formula is C23H19NO3S. The normalized spacial score (nSPS) is 9.93. The third-order valence-electron chi connectivity index (χ3n) is 3.95. The number of amides is 1. The molecule has 140 valence electrons. The summed E-state index contributed by atoms with van der Waals surface area (Å²) < 4.78 is 5.20. The molecule has 1 heterocycles. The number of ether oxygens (including phenoxy) is 1. The van der Waals surface area contributed by atoms with Gasteiger partial charge in [0.05, 0.1) is 6.61 Å². The number of aryl methyl sites for hydroxylation is 1. The molecule has 1 N–H and O–H groups in total.